The molecular formula is C24H14F10N2O2. The second-order valence-electron chi connectivity index (χ2n) is 7.87. The predicted molar refractivity (Wildman–Crippen MR) is 115 cm³/mol. The van der Waals surface area contributed by atoms with E-state index in [-0.39, 0.29) is 11.6 Å². The lowest BCUT2D eigenvalue weighted by Gasteiger charge is -2.24. The molecule has 0 aliphatic carbocycles. The molecule has 202 valence electrons. The fourth-order valence-electron chi connectivity index (χ4n) is 3.30. The normalized spacial score (nSPS) is 12.3. The molecule has 0 aliphatic heterocycles. The number of halogens is 10. The number of carbonyl (C=O) groups excluding carboxylic acids is 2. The van der Waals surface area contributed by atoms with Crippen LogP contribution in [-0.4, -0.2) is 18.0 Å². The minimum absolute atomic E-state index is 0.0955. The monoisotopic (exact) mass is 552 g/mol. The Labute approximate surface area is 207 Å². The summed E-state index contributed by atoms with van der Waals surface area (Å²) in [4.78, 5) is 24.9. The number of benzene rings is 3. The Balaban J connectivity index is 1.97. The molecule has 0 heterocycles. The maximum Gasteiger partial charge on any atom is 0.458 e. The highest BCUT2D eigenvalue weighted by Crippen LogP contribution is 2.47. The zero-order valence-electron chi connectivity index (χ0n) is 18.8. The third-order valence-electron chi connectivity index (χ3n) is 5.20. The van der Waals surface area contributed by atoms with Crippen LogP contribution in [0.15, 0.2) is 54.6 Å². The molecule has 3 aromatic rings. The third-order valence-corrected chi connectivity index (χ3v) is 5.20. The van der Waals surface area contributed by atoms with E-state index in [0.717, 1.165) is 49.4 Å². The van der Waals surface area contributed by atoms with Crippen molar-refractivity contribution in [3.05, 3.63) is 94.0 Å². The summed E-state index contributed by atoms with van der Waals surface area (Å²) in [6, 6.07) is 6.61. The summed E-state index contributed by atoms with van der Waals surface area (Å²) in [6.07, 6.45) is -11.7. The molecule has 2 amide bonds. The van der Waals surface area contributed by atoms with Crippen LogP contribution in [0.2, 0.25) is 0 Å². The SMILES string of the molecule is Cc1cc(C(F)(F)C(F)(F)F)cc(C(F)(F)F)c1NC(=O)c1cccc(NC(=O)c2ccc(F)cc2)c1F. The van der Waals surface area contributed by atoms with Crippen molar-refractivity contribution < 1.29 is 53.5 Å². The molecule has 0 aromatic heterocycles. The maximum atomic E-state index is 15.0. The highest BCUT2D eigenvalue weighted by atomic mass is 19.4. The smallest absolute Gasteiger partial charge is 0.321 e. The molecule has 0 bridgehead atoms. The number of nitrogens with one attached hydrogen (secondary N) is 2. The van der Waals surface area contributed by atoms with Gasteiger partial charge in [-0.15, -0.1) is 0 Å². The van der Waals surface area contributed by atoms with Crippen molar-refractivity contribution in [1.82, 2.24) is 0 Å². The first-order chi connectivity index (χ1) is 17.4. The number of rotatable bonds is 5. The van der Waals surface area contributed by atoms with Crippen molar-refractivity contribution in [2.75, 3.05) is 10.6 Å². The molecule has 0 saturated heterocycles. The average Bonchev–Trinajstić information content (AvgIpc) is 2.80. The lowest BCUT2D eigenvalue weighted by atomic mass is 9.98. The van der Waals surface area contributed by atoms with Crippen molar-refractivity contribution in [1.29, 1.82) is 0 Å². The molecule has 38 heavy (non-hydrogen) atoms. The van der Waals surface area contributed by atoms with Crippen LogP contribution in [0.4, 0.5) is 55.3 Å². The Bertz CT molecular complexity index is 1380. The predicted octanol–water partition coefficient (Wildman–Crippen LogP) is 7.45. The number of carbonyl (C=O) groups is 2. The van der Waals surface area contributed by atoms with E-state index < -0.39 is 81.4 Å². The summed E-state index contributed by atoms with van der Waals surface area (Å²) in [6.45, 7) is 0.747. The fraction of sp³-hybridized carbons (Fsp3) is 0.167. The van der Waals surface area contributed by atoms with Crippen molar-refractivity contribution in [2.45, 2.75) is 25.2 Å². The Morgan fingerprint density at radius 1 is 0.763 bits per heavy atom. The Morgan fingerprint density at radius 2 is 1.37 bits per heavy atom. The van der Waals surface area contributed by atoms with E-state index >= 15 is 0 Å². The molecule has 0 spiro atoms. The van der Waals surface area contributed by atoms with Crippen LogP contribution < -0.4 is 10.6 Å². The molecule has 14 heteroatoms. The second kappa shape index (κ2) is 9.99. The summed E-state index contributed by atoms with van der Waals surface area (Å²) < 4.78 is 134. The molecule has 0 atom stereocenters. The van der Waals surface area contributed by atoms with Crippen molar-refractivity contribution in [3.63, 3.8) is 0 Å². The molecule has 2 N–H and O–H groups in total. The first-order valence-electron chi connectivity index (χ1n) is 10.3. The van der Waals surface area contributed by atoms with E-state index in [9.17, 15) is 53.5 Å². The van der Waals surface area contributed by atoms with Crippen LogP contribution in [0.3, 0.4) is 0 Å². The molecule has 3 aromatic carbocycles. The van der Waals surface area contributed by atoms with Gasteiger partial charge in [0.05, 0.1) is 22.5 Å². The highest BCUT2D eigenvalue weighted by Gasteiger charge is 2.59. The first kappa shape index (κ1) is 28.5. The number of alkyl halides is 8. The number of aryl methyl sites for hydroxylation is 1. The molecule has 0 aliphatic rings. The number of hydrogen-bond donors (Lipinski definition) is 2. The van der Waals surface area contributed by atoms with Gasteiger partial charge in [0.1, 0.15) is 5.82 Å². The lowest BCUT2D eigenvalue weighted by Crippen LogP contribution is -2.34. The largest absolute Gasteiger partial charge is 0.458 e. The molecule has 0 fully saturated rings. The molecule has 4 nitrogen and oxygen atoms in total. The van der Waals surface area contributed by atoms with Crippen molar-refractivity contribution in [3.8, 4) is 0 Å². The first-order valence-corrected chi connectivity index (χ1v) is 10.3. The minimum atomic E-state index is -6.20. The molecule has 0 unspecified atom stereocenters. The third kappa shape index (κ3) is 5.73. The Kier molecular flexibility index (Phi) is 7.48. The van der Waals surface area contributed by atoms with Crippen LogP contribution in [0, 0.1) is 18.6 Å². The van der Waals surface area contributed by atoms with Crippen LogP contribution in [0.1, 0.15) is 37.4 Å². The van der Waals surface area contributed by atoms with Gasteiger partial charge in [-0.1, -0.05) is 6.07 Å². The zero-order valence-corrected chi connectivity index (χ0v) is 18.8. The summed E-state index contributed by atoms with van der Waals surface area (Å²) in [5.74, 6) is -10.1. The van der Waals surface area contributed by atoms with E-state index in [2.05, 4.69) is 5.32 Å². The number of anilines is 2. The number of hydrogen-bond acceptors (Lipinski definition) is 2. The average molecular weight is 552 g/mol. The molecular weight excluding hydrogens is 538 g/mol. The van der Waals surface area contributed by atoms with E-state index in [4.69, 9.17) is 0 Å². The van der Waals surface area contributed by atoms with Crippen LogP contribution in [0.5, 0.6) is 0 Å². The van der Waals surface area contributed by atoms with Crippen LogP contribution >= 0.6 is 0 Å². The standard InChI is InChI=1S/C24H14F10N2O2/c1-11-9-13(22(27,28)24(32,33)34)10-16(23(29,30)31)19(11)36-21(38)15-3-2-4-17(18(15)26)35-20(37)12-5-7-14(25)8-6-12/h2-10H,1H3,(H,35,37)(H,36,38). The van der Waals surface area contributed by atoms with Gasteiger partial charge in [0, 0.05) is 11.1 Å². The minimum Gasteiger partial charge on any atom is -0.321 e. The highest BCUT2D eigenvalue weighted by molar-refractivity contribution is 6.08. The Morgan fingerprint density at radius 3 is 1.92 bits per heavy atom. The molecule has 3 rings (SSSR count). The van der Waals surface area contributed by atoms with Gasteiger partial charge >= 0.3 is 18.3 Å². The fourth-order valence-corrected chi connectivity index (χ4v) is 3.30. The summed E-state index contributed by atoms with van der Waals surface area (Å²) in [7, 11) is 0. The van der Waals surface area contributed by atoms with Crippen molar-refractivity contribution in [2.24, 2.45) is 0 Å². The Hall–Kier alpha value is -4.10. The van der Waals surface area contributed by atoms with Gasteiger partial charge in [-0.05, 0) is 61.0 Å². The van der Waals surface area contributed by atoms with Gasteiger partial charge in [-0.2, -0.15) is 35.1 Å². The molecule has 0 saturated carbocycles. The topological polar surface area (TPSA) is 58.2 Å². The van der Waals surface area contributed by atoms with Crippen LogP contribution in [-0.2, 0) is 12.1 Å². The second-order valence-corrected chi connectivity index (χ2v) is 7.87. The molecule has 0 radical (unpaired) electrons. The summed E-state index contributed by atoms with van der Waals surface area (Å²) in [5, 5.41) is 3.80. The summed E-state index contributed by atoms with van der Waals surface area (Å²) in [5.41, 5.74) is -7.59. The van der Waals surface area contributed by atoms with E-state index in [1.54, 1.807) is 5.32 Å². The van der Waals surface area contributed by atoms with E-state index in [1.807, 2.05) is 0 Å². The lowest BCUT2D eigenvalue weighted by molar-refractivity contribution is -0.289. The van der Waals surface area contributed by atoms with E-state index in [0.29, 0.717) is 0 Å². The van der Waals surface area contributed by atoms with Gasteiger partial charge in [-0.25, -0.2) is 8.78 Å². The van der Waals surface area contributed by atoms with Gasteiger partial charge < -0.3 is 10.6 Å². The number of amides is 2. The zero-order chi connectivity index (χ0) is 28.6. The van der Waals surface area contributed by atoms with E-state index in [1.165, 1.54) is 0 Å². The quantitative estimate of drug-likeness (QED) is 0.323. The van der Waals surface area contributed by atoms with Gasteiger partial charge in [0.15, 0.2) is 5.82 Å². The van der Waals surface area contributed by atoms with Crippen LogP contribution in [0.25, 0.3) is 0 Å². The van der Waals surface area contributed by atoms with Gasteiger partial charge in [0.25, 0.3) is 11.8 Å². The maximum absolute atomic E-state index is 15.0. The van der Waals surface area contributed by atoms with Gasteiger partial charge in [-0.3, -0.25) is 9.59 Å². The van der Waals surface area contributed by atoms with Crippen molar-refractivity contribution >= 4 is 23.2 Å². The summed E-state index contributed by atoms with van der Waals surface area (Å²) >= 11 is 0. The van der Waals surface area contributed by atoms with Gasteiger partial charge in [0.2, 0.25) is 0 Å².